The highest BCUT2D eigenvalue weighted by Gasteiger charge is 2.32. The summed E-state index contributed by atoms with van der Waals surface area (Å²) in [4.78, 5) is 23.3. The van der Waals surface area contributed by atoms with Crippen LogP contribution in [0.1, 0.15) is 12.5 Å². The van der Waals surface area contributed by atoms with Crippen LogP contribution in [0.2, 0.25) is 0 Å². The number of anilines is 2. The van der Waals surface area contributed by atoms with Gasteiger partial charge in [-0.15, -0.1) is 0 Å². The number of nitrogens with zero attached hydrogens (tertiary/aromatic N) is 4. The summed E-state index contributed by atoms with van der Waals surface area (Å²) in [6.45, 7) is 4.21. The predicted molar refractivity (Wildman–Crippen MR) is 104 cm³/mol. The Balaban J connectivity index is 1.67. The highest BCUT2D eigenvalue weighted by molar-refractivity contribution is 5.97. The van der Waals surface area contributed by atoms with Crippen molar-refractivity contribution in [1.82, 2.24) is 9.88 Å². The molecule has 6 nitrogen and oxygen atoms in total. The van der Waals surface area contributed by atoms with Crippen molar-refractivity contribution in [1.29, 1.82) is 0 Å². The number of carbonyl (C=O) groups excluding carboxylic acids is 1. The molecule has 0 bridgehead atoms. The van der Waals surface area contributed by atoms with E-state index in [9.17, 15) is 4.79 Å². The summed E-state index contributed by atoms with van der Waals surface area (Å²) in [5.41, 5.74) is 2.03. The number of ether oxygens (including phenoxy) is 1. The molecule has 1 aromatic heterocycles. The number of benzene rings is 1. The van der Waals surface area contributed by atoms with E-state index in [0.717, 1.165) is 35.9 Å². The molecule has 26 heavy (non-hydrogen) atoms. The zero-order valence-corrected chi connectivity index (χ0v) is 15.8. The molecule has 2 aromatic rings. The van der Waals surface area contributed by atoms with Gasteiger partial charge in [0, 0.05) is 45.6 Å². The summed E-state index contributed by atoms with van der Waals surface area (Å²) in [6, 6.07) is 11.6. The highest BCUT2D eigenvalue weighted by atomic mass is 16.5. The number of carbonyl (C=O) groups is 1. The summed E-state index contributed by atoms with van der Waals surface area (Å²) in [5.74, 6) is 1.85. The van der Waals surface area contributed by atoms with Crippen molar-refractivity contribution in [2.75, 3.05) is 44.1 Å². The molecular formula is C20H26N4O2. The van der Waals surface area contributed by atoms with Crippen LogP contribution in [0.5, 0.6) is 5.75 Å². The van der Waals surface area contributed by atoms with Gasteiger partial charge in [-0.05, 0) is 42.8 Å². The van der Waals surface area contributed by atoms with E-state index < -0.39 is 0 Å². The molecule has 1 unspecified atom stereocenters. The second kappa shape index (κ2) is 7.74. The number of rotatable bonds is 5. The normalized spacial score (nSPS) is 18.1. The summed E-state index contributed by atoms with van der Waals surface area (Å²) in [7, 11) is 5.59. The number of pyridine rings is 1. The van der Waals surface area contributed by atoms with Gasteiger partial charge in [0.2, 0.25) is 5.91 Å². The Kier molecular flexibility index (Phi) is 5.42. The van der Waals surface area contributed by atoms with Crippen molar-refractivity contribution in [3.05, 3.63) is 48.2 Å². The Bertz CT molecular complexity index is 743. The second-order valence-electron chi connectivity index (χ2n) is 6.75. The topological polar surface area (TPSA) is 48.9 Å². The third-order valence-corrected chi connectivity index (χ3v) is 4.82. The molecule has 6 heteroatoms. The van der Waals surface area contributed by atoms with Gasteiger partial charge in [-0.1, -0.05) is 6.07 Å². The van der Waals surface area contributed by atoms with Crippen molar-refractivity contribution in [2.45, 2.75) is 19.5 Å². The minimum Gasteiger partial charge on any atom is -0.497 e. The molecule has 138 valence electrons. The fraction of sp³-hybridized carbons (Fsp3) is 0.400. The number of piperazine rings is 1. The average molecular weight is 354 g/mol. The fourth-order valence-corrected chi connectivity index (χ4v) is 3.16. The van der Waals surface area contributed by atoms with Gasteiger partial charge in [-0.2, -0.15) is 0 Å². The summed E-state index contributed by atoms with van der Waals surface area (Å²) in [6.07, 6.45) is 1.89. The molecule has 0 spiro atoms. The van der Waals surface area contributed by atoms with E-state index in [1.807, 2.05) is 67.3 Å². The van der Waals surface area contributed by atoms with Crippen LogP contribution in [-0.2, 0) is 11.3 Å². The zero-order chi connectivity index (χ0) is 18.7. The maximum Gasteiger partial charge on any atom is 0.244 e. The van der Waals surface area contributed by atoms with Crippen LogP contribution in [0.4, 0.5) is 11.5 Å². The lowest BCUT2D eigenvalue weighted by molar-refractivity contribution is -0.125. The van der Waals surface area contributed by atoms with Gasteiger partial charge in [0.1, 0.15) is 11.6 Å². The Hall–Kier alpha value is -2.60. The van der Waals surface area contributed by atoms with Gasteiger partial charge in [0.05, 0.1) is 13.2 Å². The first-order valence-electron chi connectivity index (χ1n) is 8.81. The van der Waals surface area contributed by atoms with Gasteiger partial charge in [-0.25, -0.2) is 4.98 Å². The van der Waals surface area contributed by atoms with Crippen LogP contribution in [0, 0.1) is 0 Å². The van der Waals surface area contributed by atoms with Crippen LogP contribution < -0.4 is 14.5 Å². The van der Waals surface area contributed by atoms with Gasteiger partial charge < -0.3 is 14.5 Å². The Labute approximate surface area is 155 Å². The van der Waals surface area contributed by atoms with Crippen LogP contribution >= 0.6 is 0 Å². The lowest BCUT2D eigenvalue weighted by Gasteiger charge is -2.39. The molecule has 1 atom stereocenters. The van der Waals surface area contributed by atoms with Crippen molar-refractivity contribution in [2.24, 2.45) is 0 Å². The van der Waals surface area contributed by atoms with E-state index in [-0.39, 0.29) is 11.9 Å². The van der Waals surface area contributed by atoms with Crippen LogP contribution in [0.3, 0.4) is 0 Å². The molecule has 1 saturated heterocycles. The predicted octanol–water partition coefficient (Wildman–Crippen LogP) is 2.39. The smallest absolute Gasteiger partial charge is 0.244 e. The molecule has 1 fully saturated rings. The molecule has 0 aliphatic carbocycles. The van der Waals surface area contributed by atoms with Gasteiger partial charge in [0.15, 0.2) is 0 Å². The zero-order valence-electron chi connectivity index (χ0n) is 15.8. The molecular weight excluding hydrogens is 328 g/mol. The van der Waals surface area contributed by atoms with Crippen LogP contribution in [-0.4, -0.2) is 56.1 Å². The highest BCUT2D eigenvalue weighted by Crippen LogP contribution is 2.24. The Morgan fingerprint density at radius 1 is 1.15 bits per heavy atom. The molecule has 2 heterocycles. The van der Waals surface area contributed by atoms with Crippen molar-refractivity contribution >= 4 is 17.4 Å². The molecule has 1 amide bonds. The van der Waals surface area contributed by atoms with Gasteiger partial charge >= 0.3 is 0 Å². The van der Waals surface area contributed by atoms with Gasteiger partial charge in [0.25, 0.3) is 0 Å². The van der Waals surface area contributed by atoms with E-state index >= 15 is 0 Å². The van der Waals surface area contributed by atoms with Crippen molar-refractivity contribution in [3.8, 4) is 5.75 Å². The standard InChI is InChI=1S/C20H26N4O2/c1-15-20(25)24(17-6-8-18(26-4)9-7-17)12-11-23(15)14-16-5-10-19(21-13-16)22(2)3/h5-10,13,15H,11-12,14H2,1-4H3. The molecule has 1 aliphatic heterocycles. The monoisotopic (exact) mass is 354 g/mol. The second-order valence-corrected chi connectivity index (χ2v) is 6.75. The largest absolute Gasteiger partial charge is 0.497 e. The third-order valence-electron chi connectivity index (χ3n) is 4.82. The first-order chi connectivity index (χ1) is 12.5. The maximum absolute atomic E-state index is 12.9. The molecule has 0 radical (unpaired) electrons. The van der Waals surface area contributed by atoms with E-state index in [0.29, 0.717) is 6.54 Å². The lowest BCUT2D eigenvalue weighted by atomic mass is 10.1. The number of amides is 1. The van der Waals surface area contributed by atoms with Crippen molar-refractivity contribution in [3.63, 3.8) is 0 Å². The first kappa shape index (κ1) is 18.2. The van der Waals surface area contributed by atoms with E-state index in [1.165, 1.54) is 0 Å². The minimum absolute atomic E-state index is 0.124. The molecule has 3 rings (SSSR count). The number of methoxy groups -OCH3 is 1. The van der Waals surface area contributed by atoms with Crippen LogP contribution in [0.15, 0.2) is 42.6 Å². The van der Waals surface area contributed by atoms with E-state index in [4.69, 9.17) is 4.74 Å². The summed E-state index contributed by atoms with van der Waals surface area (Å²) >= 11 is 0. The lowest BCUT2D eigenvalue weighted by Crippen LogP contribution is -2.55. The molecule has 1 aliphatic rings. The van der Waals surface area contributed by atoms with Crippen LogP contribution in [0.25, 0.3) is 0 Å². The Morgan fingerprint density at radius 2 is 1.88 bits per heavy atom. The molecule has 1 aromatic carbocycles. The summed E-state index contributed by atoms with van der Waals surface area (Å²) in [5, 5.41) is 0. The average Bonchev–Trinajstić information content (AvgIpc) is 2.66. The first-order valence-corrected chi connectivity index (χ1v) is 8.81. The quantitative estimate of drug-likeness (QED) is 0.825. The fourth-order valence-electron chi connectivity index (χ4n) is 3.16. The molecule has 0 N–H and O–H groups in total. The number of aromatic nitrogens is 1. The van der Waals surface area contributed by atoms with E-state index in [1.54, 1.807) is 7.11 Å². The number of hydrogen-bond donors (Lipinski definition) is 0. The molecule has 0 saturated carbocycles. The third kappa shape index (κ3) is 3.80. The SMILES string of the molecule is COc1ccc(N2CCN(Cc3ccc(N(C)C)nc3)C(C)C2=O)cc1. The number of hydrogen-bond acceptors (Lipinski definition) is 5. The maximum atomic E-state index is 12.9. The Morgan fingerprint density at radius 3 is 2.46 bits per heavy atom. The summed E-state index contributed by atoms with van der Waals surface area (Å²) < 4.78 is 5.19. The minimum atomic E-state index is -0.167. The van der Waals surface area contributed by atoms with E-state index in [2.05, 4.69) is 16.0 Å². The van der Waals surface area contributed by atoms with Crippen molar-refractivity contribution < 1.29 is 9.53 Å². The van der Waals surface area contributed by atoms with Gasteiger partial charge in [-0.3, -0.25) is 9.69 Å².